The van der Waals surface area contributed by atoms with Crippen molar-refractivity contribution in [3.8, 4) is 5.69 Å². The predicted molar refractivity (Wildman–Crippen MR) is 57.7 cm³/mol. The van der Waals surface area contributed by atoms with Crippen LogP contribution in [0, 0.1) is 6.92 Å². The van der Waals surface area contributed by atoms with Crippen LogP contribution in [-0.2, 0) is 0 Å². The molecular formula is C10H10ClN3. The van der Waals surface area contributed by atoms with E-state index in [1.807, 2.05) is 23.8 Å². The number of benzene rings is 1. The summed E-state index contributed by atoms with van der Waals surface area (Å²) in [6, 6.07) is 5.39. The Morgan fingerprint density at radius 3 is 2.86 bits per heavy atom. The molecule has 0 saturated carbocycles. The van der Waals surface area contributed by atoms with Crippen molar-refractivity contribution in [1.82, 2.24) is 9.55 Å². The zero-order chi connectivity index (χ0) is 10.1. The van der Waals surface area contributed by atoms with Crippen molar-refractivity contribution < 1.29 is 0 Å². The van der Waals surface area contributed by atoms with E-state index >= 15 is 0 Å². The van der Waals surface area contributed by atoms with Gasteiger partial charge in [-0.15, -0.1) is 0 Å². The van der Waals surface area contributed by atoms with Crippen LogP contribution in [0.15, 0.2) is 30.6 Å². The summed E-state index contributed by atoms with van der Waals surface area (Å²) in [6.45, 7) is 1.92. The SMILES string of the molecule is Cc1nccn1-c1cc(N)ccc1Cl. The summed E-state index contributed by atoms with van der Waals surface area (Å²) in [5, 5.41) is 0.667. The van der Waals surface area contributed by atoms with Crippen LogP contribution in [0.3, 0.4) is 0 Å². The molecule has 0 unspecified atom stereocenters. The van der Waals surface area contributed by atoms with Gasteiger partial charge in [-0.25, -0.2) is 4.98 Å². The Bertz CT molecular complexity index is 462. The summed E-state index contributed by atoms with van der Waals surface area (Å²) in [7, 11) is 0. The molecule has 1 heterocycles. The van der Waals surface area contributed by atoms with E-state index in [-0.39, 0.29) is 0 Å². The fourth-order valence-corrected chi connectivity index (χ4v) is 1.56. The fraction of sp³-hybridized carbons (Fsp3) is 0.100. The number of nitrogens with zero attached hydrogens (tertiary/aromatic N) is 2. The summed E-state index contributed by atoms with van der Waals surface area (Å²) in [6.07, 6.45) is 3.59. The number of rotatable bonds is 1. The fourth-order valence-electron chi connectivity index (χ4n) is 1.35. The molecule has 2 N–H and O–H groups in total. The monoisotopic (exact) mass is 207 g/mol. The topological polar surface area (TPSA) is 43.8 Å². The summed E-state index contributed by atoms with van der Waals surface area (Å²) in [5.41, 5.74) is 7.25. The lowest BCUT2D eigenvalue weighted by Crippen LogP contribution is -1.97. The highest BCUT2D eigenvalue weighted by Gasteiger charge is 2.05. The van der Waals surface area contributed by atoms with Gasteiger partial charge in [-0.05, 0) is 25.1 Å². The van der Waals surface area contributed by atoms with Gasteiger partial charge in [0.1, 0.15) is 5.82 Å². The molecule has 4 heteroatoms. The molecule has 0 aliphatic rings. The number of aromatic nitrogens is 2. The molecule has 1 aromatic heterocycles. The highest BCUT2D eigenvalue weighted by atomic mass is 35.5. The van der Waals surface area contributed by atoms with Gasteiger partial charge in [-0.3, -0.25) is 0 Å². The standard InChI is InChI=1S/C10H10ClN3/c1-7-13-4-5-14(7)10-6-8(12)2-3-9(10)11/h2-6H,12H2,1H3. The molecule has 2 aromatic rings. The largest absolute Gasteiger partial charge is 0.399 e. The summed E-state index contributed by atoms with van der Waals surface area (Å²) >= 11 is 6.06. The van der Waals surface area contributed by atoms with Crippen molar-refractivity contribution in [1.29, 1.82) is 0 Å². The van der Waals surface area contributed by atoms with Gasteiger partial charge >= 0.3 is 0 Å². The summed E-state index contributed by atoms with van der Waals surface area (Å²) in [4.78, 5) is 4.13. The van der Waals surface area contributed by atoms with Gasteiger partial charge in [0.25, 0.3) is 0 Å². The van der Waals surface area contributed by atoms with Crippen LogP contribution in [0.1, 0.15) is 5.82 Å². The van der Waals surface area contributed by atoms with Crippen molar-refractivity contribution in [2.45, 2.75) is 6.92 Å². The zero-order valence-electron chi connectivity index (χ0n) is 7.74. The lowest BCUT2D eigenvalue weighted by atomic mass is 10.3. The second-order valence-electron chi connectivity index (χ2n) is 3.06. The Hall–Kier alpha value is -1.48. The van der Waals surface area contributed by atoms with Gasteiger partial charge in [0.15, 0.2) is 0 Å². The van der Waals surface area contributed by atoms with Crippen molar-refractivity contribution in [3.63, 3.8) is 0 Å². The average Bonchev–Trinajstić information content (AvgIpc) is 2.56. The van der Waals surface area contributed by atoms with Crippen LogP contribution < -0.4 is 5.73 Å². The van der Waals surface area contributed by atoms with Crippen LogP contribution in [0.4, 0.5) is 5.69 Å². The molecule has 0 radical (unpaired) electrons. The van der Waals surface area contributed by atoms with Crippen LogP contribution in [0.2, 0.25) is 5.02 Å². The molecule has 0 saturated heterocycles. The molecule has 1 aromatic carbocycles. The molecule has 2 rings (SSSR count). The van der Waals surface area contributed by atoms with Gasteiger partial charge < -0.3 is 10.3 Å². The summed E-state index contributed by atoms with van der Waals surface area (Å²) < 4.78 is 1.90. The molecule has 14 heavy (non-hydrogen) atoms. The first-order chi connectivity index (χ1) is 6.68. The Morgan fingerprint density at radius 1 is 1.43 bits per heavy atom. The highest BCUT2D eigenvalue weighted by molar-refractivity contribution is 6.32. The van der Waals surface area contributed by atoms with E-state index in [9.17, 15) is 0 Å². The number of aryl methyl sites for hydroxylation is 1. The number of imidazole rings is 1. The van der Waals surface area contributed by atoms with Crippen molar-refractivity contribution >= 4 is 17.3 Å². The lowest BCUT2D eigenvalue weighted by molar-refractivity contribution is 0.975. The molecule has 72 valence electrons. The molecule has 0 amide bonds. The van der Waals surface area contributed by atoms with E-state index in [1.54, 1.807) is 18.3 Å². The van der Waals surface area contributed by atoms with Crippen molar-refractivity contribution in [2.24, 2.45) is 0 Å². The quantitative estimate of drug-likeness (QED) is 0.730. The van der Waals surface area contributed by atoms with Crippen molar-refractivity contribution in [2.75, 3.05) is 5.73 Å². The minimum atomic E-state index is 0.667. The highest BCUT2D eigenvalue weighted by Crippen LogP contribution is 2.23. The van der Waals surface area contributed by atoms with E-state index in [4.69, 9.17) is 17.3 Å². The molecular weight excluding hydrogens is 198 g/mol. The van der Waals surface area contributed by atoms with Crippen molar-refractivity contribution in [3.05, 3.63) is 41.4 Å². The lowest BCUT2D eigenvalue weighted by Gasteiger charge is -2.07. The van der Waals surface area contributed by atoms with Crippen LogP contribution in [0.25, 0.3) is 5.69 Å². The minimum absolute atomic E-state index is 0.667. The first-order valence-corrected chi connectivity index (χ1v) is 4.61. The first-order valence-electron chi connectivity index (χ1n) is 4.24. The Morgan fingerprint density at radius 2 is 2.21 bits per heavy atom. The maximum Gasteiger partial charge on any atom is 0.110 e. The van der Waals surface area contributed by atoms with E-state index in [1.165, 1.54) is 0 Å². The van der Waals surface area contributed by atoms with Crippen LogP contribution in [-0.4, -0.2) is 9.55 Å². The molecule has 0 aliphatic carbocycles. The summed E-state index contributed by atoms with van der Waals surface area (Å²) in [5.74, 6) is 0.887. The second kappa shape index (κ2) is 3.35. The van der Waals surface area contributed by atoms with E-state index in [0.29, 0.717) is 10.7 Å². The third-order valence-corrected chi connectivity index (χ3v) is 2.38. The first kappa shape index (κ1) is 9.09. The average molecular weight is 208 g/mol. The van der Waals surface area contributed by atoms with Gasteiger partial charge in [-0.1, -0.05) is 11.6 Å². The van der Waals surface area contributed by atoms with Gasteiger partial charge in [0.2, 0.25) is 0 Å². The van der Waals surface area contributed by atoms with Gasteiger partial charge in [0.05, 0.1) is 10.7 Å². The maximum absolute atomic E-state index is 6.06. The van der Waals surface area contributed by atoms with Crippen LogP contribution in [0.5, 0.6) is 0 Å². The number of hydrogen-bond acceptors (Lipinski definition) is 2. The molecule has 0 fully saturated rings. The number of nitrogen functional groups attached to an aromatic ring is 1. The van der Waals surface area contributed by atoms with Crippen LogP contribution >= 0.6 is 11.6 Å². The third-order valence-electron chi connectivity index (χ3n) is 2.06. The Labute approximate surface area is 87.1 Å². The number of nitrogens with two attached hydrogens (primary N) is 1. The van der Waals surface area contributed by atoms with E-state index in [2.05, 4.69) is 4.98 Å². The smallest absolute Gasteiger partial charge is 0.110 e. The maximum atomic E-state index is 6.06. The van der Waals surface area contributed by atoms with Gasteiger partial charge in [0, 0.05) is 18.1 Å². The predicted octanol–water partition coefficient (Wildman–Crippen LogP) is 2.42. The minimum Gasteiger partial charge on any atom is -0.399 e. The molecule has 0 atom stereocenters. The van der Waals surface area contributed by atoms with E-state index in [0.717, 1.165) is 11.5 Å². The Balaban J connectivity index is 2.62. The molecule has 0 bridgehead atoms. The second-order valence-corrected chi connectivity index (χ2v) is 3.46. The number of hydrogen-bond donors (Lipinski definition) is 1. The third kappa shape index (κ3) is 1.46. The van der Waals surface area contributed by atoms with Gasteiger partial charge in [-0.2, -0.15) is 0 Å². The molecule has 0 spiro atoms. The number of halogens is 1. The molecule has 3 nitrogen and oxygen atoms in total. The zero-order valence-corrected chi connectivity index (χ0v) is 8.49. The number of anilines is 1. The van der Waals surface area contributed by atoms with E-state index < -0.39 is 0 Å². The normalized spacial score (nSPS) is 10.4. The Kier molecular flexibility index (Phi) is 2.17. The molecule has 0 aliphatic heterocycles.